The largest absolute Gasteiger partial charge is 0.468 e. The summed E-state index contributed by atoms with van der Waals surface area (Å²) >= 11 is 0. The maximum Gasteiger partial charge on any atom is 0.422 e. The van der Waals surface area contributed by atoms with Crippen molar-refractivity contribution in [1.82, 2.24) is 15.6 Å². The van der Waals surface area contributed by atoms with E-state index >= 15 is 0 Å². The molecule has 1 aliphatic rings. The highest BCUT2D eigenvalue weighted by Gasteiger charge is 2.49. The van der Waals surface area contributed by atoms with E-state index in [1.54, 1.807) is 0 Å². The first-order valence-electron chi connectivity index (χ1n) is 7.30. The first kappa shape index (κ1) is 19.1. The van der Waals surface area contributed by atoms with Crippen LogP contribution in [0, 0.1) is 5.92 Å². The zero-order valence-electron chi connectivity index (χ0n) is 12.7. The molecule has 2 rings (SSSR count). The Kier molecular flexibility index (Phi) is 5.63. The van der Waals surface area contributed by atoms with E-state index in [1.165, 1.54) is 12.3 Å². The number of hydrogen-bond acceptors (Lipinski definition) is 3. The molecule has 5 nitrogen and oxygen atoms in total. The summed E-state index contributed by atoms with van der Waals surface area (Å²) in [5.74, 6) is -0.919. The zero-order valence-corrected chi connectivity index (χ0v) is 12.7. The molecule has 1 aromatic heterocycles. The Morgan fingerprint density at radius 3 is 2.52 bits per heavy atom. The molecule has 1 atom stereocenters. The highest BCUT2D eigenvalue weighted by molar-refractivity contribution is 5.74. The van der Waals surface area contributed by atoms with Crippen molar-refractivity contribution >= 4 is 6.03 Å². The van der Waals surface area contributed by atoms with Crippen LogP contribution in [0.1, 0.15) is 18.4 Å². The van der Waals surface area contributed by atoms with E-state index in [4.69, 9.17) is 0 Å². The normalized spacial score (nSPS) is 16.2. The second-order valence-electron chi connectivity index (χ2n) is 5.59. The number of nitrogens with one attached hydrogen (secondary N) is 2. The quantitative estimate of drug-likeness (QED) is 0.755. The molecule has 140 valence electrons. The molecule has 0 radical (unpaired) electrons. The molecular weight excluding hydrogens is 356 g/mol. The molecule has 0 aromatic carbocycles. The summed E-state index contributed by atoms with van der Waals surface area (Å²) in [6.07, 6.45) is -7.09. The summed E-state index contributed by atoms with van der Waals surface area (Å²) < 4.78 is 79.1. The monoisotopic (exact) mass is 371 g/mol. The van der Waals surface area contributed by atoms with Crippen LogP contribution in [-0.4, -0.2) is 36.0 Å². The number of carbonyl (C=O) groups is 1. The fourth-order valence-electron chi connectivity index (χ4n) is 2.07. The topological polar surface area (TPSA) is 63.2 Å². The van der Waals surface area contributed by atoms with Gasteiger partial charge in [-0.05, 0) is 30.4 Å². The number of amides is 2. The summed E-state index contributed by atoms with van der Waals surface area (Å²) in [6.45, 7) is -1.71. The predicted molar refractivity (Wildman–Crippen MR) is 73.7 cm³/mol. The molecule has 2 amide bonds. The molecule has 0 bridgehead atoms. The van der Waals surface area contributed by atoms with Gasteiger partial charge in [-0.25, -0.2) is 9.78 Å². The van der Waals surface area contributed by atoms with Crippen molar-refractivity contribution in [1.29, 1.82) is 0 Å². The summed E-state index contributed by atoms with van der Waals surface area (Å²) in [4.78, 5) is 15.2. The lowest BCUT2D eigenvalue weighted by Crippen LogP contribution is -2.50. The molecule has 11 heteroatoms. The minimum atomic E-state index is -4.53. The fraction of sp³-hybridized carbons (Fsp3) is 0.571. The minimum Gasteiger partial charge on any atom is -0.468 e. The number of hydrogen-bond donors (Lipinski definition) is 2. The number of pyridine rings is 1. The summed E-state index contributed by atoms with van der Waals surface area (Å²) in [6, 6.07) is -0.365. The molecule has 1 heterocycles. The van der Waals surface area contributed by atoms with Crippen LogP contribution in [0.2, 0.25) is 0 Å². The molecule has 0 spiro atoms. The van der Waals surface area contributed by atoms with E-state index in [9.17, 15) is 31.1 Å². The Bertz CT molecular complexity index is 601. The van der Waals surface area contributed by atoms with Crippen LogP contribution >= 0.6 is 0 Å². The maximum atomic E-state index is 12.8. The lowest BCUT2D eigenvalue weighted by Gasteiger charge is -2.21. The second kappa shape index (κ2) is 7.36. The van der Waals surface area contributed by atoms with Crippen molar-refractivity contribution in [2.45, 2.75) is 37.8 Å². The van der Waals surface area contributed by atoms with E-state index in [-0.39, 0.29) is 12.4 Å². The Balaban J connectivity index is 1.85. The van der Waals surface area contributed by atoms with Gasteiger partial charge in [-0.1, -0.05) is 0 Å². The maximum absolute atomic E-state index is 12.8. The van der Waals surface area contributed by atoms with Gasteiger partial charge in [0.25, 0.3) is 0 Å². The van der Waals surface area contributed by atoms with Gasteiger partial charge in [-0.3, -0.25) is 0 Å². The van der Waals surface area contributed by atoms with Gasteiger partial charge in [0.15, 0.2) is 6.61 Å². The molecule has 1 aliphatic carbocycles. The third kappa shape index (κ3) is 6.67. The van der Waals surface area contributed by atoms with Crippen molar-refractivity contribution in [2.24, 2.45) is 5.92 Å². The number of halogens is 6. The highest BCUT2D eigenvalue weighted by Crippen LogP contribution is 2.40. The van der Waals surface area contributed by atoms with Gasteiger partial charge < -0.3 is 15.4 Å². The van der Waals surface area contributed by atoms with E-state index in [1.807, 2.05) is 5.32 Å². The van der Waals surface area contributed by atoms with E-state index < -0.39 is 37.0 Å². The van der Waals surface area contributed by atoms with E-state index in [0.717, 1.165) is 6.07 Å². The Morgan fingerprint density at radius 2 is 1.96 bits per heavy atom. The van der Waals surface area contributed by atoms with Crippen molar-refractivity contribution < 1.29 is 35.9 Å². The third-order valence-electron chi connectivity index (χ3n) is 3.37. The number of urea groups is 1. The SMILES string of the molecule is O=C(NCc1ccnc(OCC(F)(F)F)c1)NC(C1CC1)C(F)(F)F. The lowest BCUT2D eigenvalue weighted by molar-refractivity contribution is -0.157. The van der Waals surface area contributed by atoms with Gasteiger partial charge in [-0.15, -0.1) is 0 Å². The summed E-state index contributed by atoms with van der Waals surface area (Å²) in [7, 11) is 0. The van der Waals surface area contributed by atoms with Crippen molar-refractivity contribution in [3.63, 3.8) is 0 Å². The van der Waals surface area contributed by atoms with Gasteiger partial charge >= 0.3 is 18.4 Å². The lowest BCUT2D eigenvalue weighted by atomic mass is 10.2. The van der Waals surface area contributed by atoms with Gasteiger partial charge in [0.05, 0.1) is 0 Å². The Hall–Kier alpha value is -2.20. The van der Waals surface area contributed by atoms with E-state index in [0.29, 0.717) is 18.4 Å². The van der Waals surface area contributed by atoms with Crippen LogP contribution in [0.5, 0.6) is 5.88 Å². The van der Waals surface area contributed by atoms with E-state index in [2.05, 4.69) is 15.0 Å². The molecule has 0 aliphatic heterocycles. The third-order valence-corrected chi connectivity index (χ3v) is 3.37. The van der Waals surface area contributed by atoms with Crippen LogP contribution in [-0.2, 0) is 6.54 Å². The number of carbonyl (C=O) groups excluding carboxylic acids is 1. The number of aromatic nitrogens is 1. The molecule has 25 heavy (non-hydrogen) atoms. The van der Waals surface area contributed by atoms with Crippen molar-refractivity contribution in [3.8, 4) is 5.88 Å². The van der Waals surface area contributed by atoms with Gasteiger partial charge in [0.2, 0.25) is 5.88 Å². The van der Waals surface area contributed by atoms with Gasteiger partial charge in [0.1, 0.15) is 6.04 Å². The zero-order chi connectivity index (χ0) is 18.7. The summed E-state index contributed by atoms with van der Waals surface area (Å²) in [5, 5.41) is 4.11. The number of rotatable bonds is 6. The molecule has 0 saturated heterocycles. The van der Waals surface area contributed by atoms with Crippen LogP contribution < -0.4 is 15.4 Å². The molecule has 1 aromatic rings. The Labute approximate surface area is 138 Å². The molecule has 1 fully saturated rings. The molecule has 2 N–H and O–H groups in total. The Morgan fingerprint density at radius 1 is 1.28 bits per heavy atom. The van der Waals surface area contributed by atoms with Gasteiger partial charge in [0, 0.05) is 18.8 Å². The molecule has 1 saturated carbocycles. The first-order chi connectivity index (χ1) is 11.5. The second-order valence-corrected chi connectivity index (χ2v) is 5.59. The minimum absolute atomic E-state index is 0.189. The van der Waals surface area contributed by atoms with Crippen molar-refractivity contribution in [3.05, 3.63) is 23.9 Å². The van der Waals surface area contributed by atoms with Crippen LogP contribution in [0.15, 0.2) is 18.3 Å². The molecule has 1 unspecified atom stereocenters. The van der Waals surface area contributed by atoms with Crippen LogP contribution in [0.3, 0.4) is 0 Å². The smallest absolute Gasteiger partial charge is 0.422 e. The standard InChI is InChI=1S/C14H15F6N3O2/c15-13(16,17)7-25-10-5-8(3-4-21-10)6-22-12(24)23-11(9-1-2-9)14(18,19)20/h3-5,9,11H,1-2,6-7H2,(H2,22,23,24). The van der Waals surface area contributed by atoms with Crippen molar-refractivity contribution in [2.75, 3.05) is 6.61 Å². The van der Waals surface area contributed by atoms with Gasteiger partial charge in [-0.2, -0.15) is 26.3 Å². The van der Waals surface area contributed by atoms with Crippen LogP contribution in [0.25, 0.3) is 0 Å². The highest BCUT2D eigenvalue weighted by atomic mass is 19.4. The first-order valence-corrected chi connectivity index (χ1v) is 7.30. The van der Waals surface area contributed by atoms with Crippen LogP contribution in [0.4, 0.5) is 31.1 Å². The average molecular weight is 371 g/mol. The average Bonchev–Trinajstić information content (AvgIpc) is 3.32. The fourth-order valence-corrected chi connectivity index (χ4v) is 2.07. The summed E-state index contributed by atoms with van der Waals surface area (Å²) in [5.41, 5.74) is 0.331. The number of ether oxygens (including phenoxy) is 1. The number of alkyl halides is 6. The molecular formula is C14H15F6N3O2. The predicted octanol–water partition coefficient (Wildman–Crippen LogP) is 3.16. The number of nitrogens with zero attached hydrogens (tertiary/aromatic N) is 1.